The highest BCUT2D eigenvalue weighted by atomic mass is 32.2. The Morgan fingerprint density at radius 3 is 3.09 bits per heavy atom. The molecule has 3 heterocycles. The number of nitrogens with zero attached hydrogens (tertiary/aromatic N) is 2. The first-order valence-electron chi connectivity index (χ1n) is 7.49. The lowest BCUT2D eigenvalue weighted by Gasteiger charge is -2.32. The minimum absolute atomic E-state index is 0.350. The molecule has 1 saturated heterocycles. The third-order valence-electron chi connectivity index (χ3n) is 4.13. The van der Waals surface area contributed by atoms with Gasteiger partial charge in [0.25, 0.3) is 0 Å². The molecule has 5 nitrogen and oxygen atoms in total. The van der Waals surface area contributed by atoms with Gasteiger partial charge in [0.15, 0.2) is 9.84 Å². The minimum Gasteiger partial charge on any atom is -0.298 e. The number of thiophene rings is 1. The number of piperidine rings is 1. The van der Waals surface area contributed by atoms with E-state index in [2.05, 4.69) is 32.6 Å². The molecule has 1 aliphatic heterocycles. The van der Waals surface area contributed by atoms with Gasteiger partial charge in [-0.3, -0.25) is 10.00 Å². The summed E-state index contributed by atoms with van der Waals surface area (Å²) in [5.74, 6) is 0.481. The van der Waals surface area contributed by atoms with Gasteiger partial charge < -0.3 is 0 Å². The third kappa shape index (κ3) is 3.77. The number of hydrogen-bond donors (Lipinski definition) is 1. The standard InChI is InChI=1S/C15H21N3O2S2/c1-22(19,20)15-9-16-17-14(15)8-12-4-2-6-18(10-12)11-13-5-3-7-21-13/h3,5,7,9,12H,2,4,6,8,10-11H2,1H3,(H,16,17)/t12-/m1/s1. The van der Waals surface area contributed by atoms with E-state index in [9.17, 15) is 8.42 Å². The Bertz CT molecular complexity index is 707. The molecule has 0 radical (unpaired) electrons. The van der Waals surface area contributed by atoms with Gasteiger partial charge >= 0.3 is 0 Å². The lowest BCUT2D eigenvalue weighted by Crippen LogP contribution is -2.35. The van der Waals surface area contributed by atoms with Crippen molar-refractivity contribution in [1.82, 2.24) is 15.1 Å². The van der Waals surface area contributed by atoms with Crippen molar-refractivity contribution in [3.8, 4) is 0 Å². The monoisotopic (exact) mass is 339 g/mol. The normalized spacial score (nSPS) is 20.3. The van der Waals surface area contributed by atoms with Crippen molar-refractivity contribution in [3.05, 3.63) is 34.3 Å². The van der Waals surface area contributed by atoms with E-state index in [-0.39, 0.29) is 0 Å². The molecule has 0 unspecified atom stereocenters. The zero-order valence-electron chi connectivity index (χ0n) is 12.7. The van der Waals surface area contributed by atoms with E-state index >= 15 is 0 Å². The zero-order valence-corrected chi connectivity index (χ0v) is 14.3. The molecule has 7 heteroatoms. The van der Waals surface area contributed by atoms with Gasteiger partial charge in [0.05, 0.1) is 11.9 Å². The predicted molar refractivity (Wildman–Crippen MR) is 87.7 cm³/mol. The maximum absolute atomic E-state index is 11.8. The van der Waals surface area contributed by atoms with E-state index in [1.165, 1.54) is 23.8 Å². The van der Waals surface area contributed by atoms with Crippen LogP contribution in [0.4, 0.5) is 0 Å². The van der Waals surface area contributed by atoms with Gasteiger partial charge in [-0.25, -0.2) is 8.42 Å². The topological polar surface area (TPSA) is 66.1 Å². The summed E-state index contributed by atoms with van der Waals surface area (Å²) < 4.78 is 23.5. The Balaban J connectivity index is 1.64. The van der Waals surface area contributed by atoms with E-state index < -0.39 is 9.84 Å². The second-order valence-corrected chi connectivity index (χ2v) is 9.03. The molecule has 2 aromatic heterocycles. The van der Waals surface area contributed by atoms with Gasteiger partial charge in [-0.2, -0.15) is 5.10 Å². The van der Waals surface area contributed by atoms with Crippen molar-refractivity contribution in [2.75, 3.05) is 19.3 Å². The van der Waals surface area contributed by atoms with Gasteiger partial charge in [-0.15, -0.1) is 11.3 Å². The van der Waals surface area contributed by atoms with Crippen LogP contribution < -0.4 is 0 Å². The number of nitrogens with one attached hydrogen (secondary N) is 1. The van der Waals surface area contributed by atoms with Gasteiger partial charge in [-0.1, -0.05) is 6.07 Å². The van der Waals surface area contributed by atoms with Crippen LogP contribution in [0.3, 0.4) is 0 Å². The van der Waals surface area contributed by atoms with Crippen LogP contribution in [0.5, 0.6) is 0 Å². The Morgan fingerprint density at radius 1 is 1.50 bits per heavy atom. The molecule has 1 atom stereocenters. The predicted octanol–water partition coefficient (Wildman–Crippen LogP) is 2.33. The molecule has 22 heavy (non-hydrogen) atoms. The summed E-state index contributed by atoms with van der Waals surface area (Å²) in [6.45, 7) is 3.13. The summed E-state index contributed by atoms with van der Waals surface area (Å²) in [6, 6.07) is 4.26. The molecule has 0 amide bonds. The van der Waals surface area contributed by atoms with E-state index in [0.29, 0.717) is 10.8 Å². The molecule has 0 aliphatic carbocycles. The number of rotatable bonds is 5. The van der Waals surface area contributed by atoms with Crippen LogP contribution >= 0.6 is 11.3 Å². The summed E-state index contributed by atoms with van der Waals surface area (Å²) in [5, 5.41) is 8.90. The Labute approximate surface area is 135 Å². The number of aromatic nitrogens is 2. The zero-order chi connectivity index (χ0) is 15.6. The maximum Gasteiger partial charge on any atom is 0.178 e. The highest BCUT2D eigenvalue weighted by Gasteiger charge is 2.24. The largest absolute Gasteiger partial charge is 0.298 e. The average molecular weight is 339 g/mol. The second-order valence-electron chi connectivity index (χ2n) is 6.01. The molecule has 0 saturated carbocycles. The summed E-state index contributed by atoms with van der Waals surface area (Å²) in [5.41, 5.74) is 0.755. The van der Waals surface area contributed by atoms with Gasteiger partial charge in [0.2, 0.25) is 0 Å². The Kier molecular flexibility index (Phi) is 4.65. The smallest absolute Gasteiger partial charge is 0.178 e. The van der Waals surface area contributed by atoms with E-state index in [0.717, 1.165) is 38.2 Å². The summed E-state index contributed by atoms with van der Waals surface area (Å²) in [6.07, 6.45) is 5.73. The van der Waals surface area contributed by atoms with Crippen molar-refractivity contribution in [1.29, 1.82) is 0 Å². The summed E-state index contributed by atoms with van der Waals surface area (Å²) >= 11 is 1.79. The van der Waals surface area contributed by atoms with Gasteiger partial charge in [-0.05, 0) is 43.2 Å². The number of hydrogen-bond acceptors (Lipinski definition) is 5. The van der Waals surface area contributed by atoms with E-state index in [1.807, 2.05) is 0 Å². The second kappa shape index (κ2) is 6.52. The van der Waals surface area contributed by atoms with Crippen molar-refractivity contribution in [3.63, 3.8) is 0 Å². The van der Waals surface area contributed by atoms with Crippen molar-refractivity contribution >= 4 is 21.2 Å². The molecule has 1 aliphatic rings. The highest BCUT2D eigenvalue weighted by molar-refractivity contribution is 7.90. The van der Waals surface area contributed by atoms with Crippen LogP contribution in [-0.2, 0) is 22.8 Å². The molecule has 0 aromatic carbocycles. The highest BCUT2D eigenvalue weighted by Crippen LogP contribution is 2.25. The molecule has 3 rings (SSSR count). The fraction of sp³-hybridized carbons (Fsp3) is 0.533. The van der Waals surface area contributed by atoms with E-state index in [4.69, 9.17) is 0 Å². The maximum atomic E-state index is 11.8. The first-order chi connectivity index (χ1) is 10.5. The summed E-state index contributed by atoms with van der Waals surface area (Å²) in [4.78, 5) is 4.21. The molecule has 0 spiro atoms. The average Bonchev–Trinajstić information content (AvgIpc) is 3.10. The Morgan fingerprint density at radius 2 is 2.36 bits per heavy atom. The number of likely N-dealkylation sites (tertiary alicyclic amines) is 1. The molecule has 120 valence electrons. The fourth-order valence-corrected chi connectivity index (χ4v) is 4.71. The minimum atomic E-state index is -3.20. The SMILES string of the molecule is CS(=O)(=O)c1cn[nH]c1C[C@H]1CCCN(Cc2cccs2)C1. The number of sulfone groups is 1. The molecule has 1 N–H and O–H groups in total. The van der Waals surface area contributed by atoms with Crippen LogP contribution in [0.1, 0.15) is 23.4 Å². The third-order valence-corrected chi connectivity index (χ3v) is 6.15. The van der Waals surface area contributed by atoms with Gasteiger partial charge in [0, 0.05) is 24.2 Å². The van der Waals surface area contributed by atoms with Gasteiger partial charge in [0.1, 0.15) is 4.90 Å². The van der Waals surface area contributed by atoms with E-state index in [1.54, 1.807) is 11.3 Å². The van der Waals surface area contributed by atoms with Crippen molar-refractivity contribution < 1.29 is 8.42 Å². The molecular weight excluding hydrogens is 318 g/mol. The molecule has 1 fully saturated rings. The molecule has 2 aromatic rings. The first-order valence-corrected chi connectivity index (χ1v) is 10.3. The summed E-state index contributed by atoms with van der Waals surface area (Å²) in [7, 11) is -3.20. The Hall–Kier alpha value is -1.18. The lowest BCUT2D eigenvalue weighted by atomic mass is 9.93. The molecular formula is C15H21N3O2S2. The van der Waals surface area contributed by atoms with Crippen molar-refractivity contribution in [2.24, 2.45) is 5.92 Å². The number of aromatic amines is 1. The molecule has 0 bridgehead atoms. The van der Waals surface area contributed by atoms with Crippen LogP contribution in [0, 0.1) is 5.92 Å². The van der Waals surface area contributed by atoms with Crippen molar-refractivity contribution in [2.45, 2.75) is 30.7 Å². The fourth-order valence-electron chi connectivity index (χ4n) is 3.14. The van der Waals surface area contributed by atoms with Crippen LogP contribution in [0.25, 0.3) is 0 Å². The quantitative estimate of drug-likeness (QED) is 0.908. The van der Waals surface area contributed by atoms with Crippen LogP contribution in [-0.4, -0.2) is 42.9 Å². The van der Waals surface area contributed by atoms with Crippen LogP contribution in [0.2, 0.25) is 0 Å². The first kappa shape index (κ1) is 15.7. The van der Waals surface area contributed by atoms with Crippen LogP contribution in [0.15, 0.2) is 28.6 Å². The number of H-pyrrole nitrogens is 1. The lowest BCUT2D eigenvalue weighted by molar-refractivity contribution is 0.167.